The van der Waals surface area contributed by atoms with Crippen LogP contribution < -0.4 is 24.3 Å². The number of halogens is 1. The molecule has 1 N–H and O–H groups in total. The van der Waals surface area contributed by atoms with Crippen molar-refractivity contribution in [3.8, 4) is 23.0 Å². The minimum Gasteiger partial charge on any atom is -0.493 e. The number of ether oxygens (including phenoxy) is 4. The molecule has 162 valence electrons. The quantitative estimate of drug-likeness (QED) is 0.560. The number of carbonyl (C=O) groups is 1. The van der Waals surface area contributed by atoms with E-state index in [-0.39, 0.29) is 5.91 Å². The van der Waals surface area contributed by atoms with E-state index >= 15 is 0 Å². The number of fused-ring (bicyclic) bond motifs is 1. The van der Waals surface area contributed by atoms with Crippen LogP contribution >= 0.6 is 22.9 Å². The van der Waals surface area contributed by atoms with Crippen LogP contribution in [0.3, 0.4) is 0 Å². The van der Waals surface area contributed by atoms with Crippen LogP contribution in [0.4, 0.5) is 0 Å². The number of benzene rings is 2. The number of aromatic nitrogens is 1. The third-order valence-electron chi connectivity index (χ3n) is 4.60. The Morgan fingerprint density at radius 1 is 1.23 bits per heavy atom. The molecule has 9 heteroatoms. The largest absolute Gasteiger partial charge is 0.493 e. The highest BCUT2D eigenvalue weighted by Gasteiger charge is 2.17. The van der Waals surface area contributed by atoms with Crippen molar-refractivity contribution in [3.05, 3.63) is 63.1 Å². The molecule has 0 fully saturated rings. The average Bonchev–Trinajstić information content (AvgIpc) is 3.19. The van der Waals surface area contributed by atoms with Gasteiger partial charge in [0.05, 0.1) is 36.6 Å². The molecule has 4 rings (SSSR count). The second kappa shape index (κ2) is 9.89. The Morgan fingerprint density at radius 3 is 2.90 bits per heavy atom. The van der Waals surface area contributed by atoms with Gasteiger partial charge in [0.15, 0.2) is 23.0 Å². The molecule has 0 saturated heterocycles. The van der Waals surface area contributed by atoms with Crippen molar-refractivity contribution in [2.45, 2.75) is 19.6 Å². The van der Waals surface area contributed by atoms with E-state index in [1.807, 2.05) is 11.4 Å². The highest BCUT2D eigenvalue weighted by molar-refractivity contribution is 7.07. The van der Waals surface area contributed by atoms with Crippen molar-refractivity contribution in [2.75, 3.05) is 20.3 Å². The van der Waals surface area contributed by atoms with Crippen LogP contribution in [0.15, 0.2) is 41.2 Å². The van der Waals surface area contributed by atoms with Crippen LogP contribution in [0.1, 0.15) is 28.0 Å². The Hall–Kier alpha value is -2.97. The van der Waals surface area contributed by atoms with Gasteiger partial charge in [-0.05, 0) is 35.9 Å². The van der Waals surface area contributed by atoms with E-state index < -0.39 is 0 Å². The van der Waals surface area contributed by atoms with Gasteiger partial charge in [-0.15, -0.1) is 11.3 Å². The summed E-state index contributed by atoms with van der Waals surface area (Å²) in [6.07, 6.45) is 0.794. The normalized spacial score (nSPS) is 12.7. The summed E-state index contributed by atoms with van der Waals surface area (Å²) in [4.78, 5) is 16.9. The third kappa shape index (κ3) is 5.21. The number of nitrogens with zero attached hydrogens (tertiary/aromatic N) is 1. The van der Waals surface area contributed by atoms with Gasteiger partial charge in [-0.1, -0.05) is 11.6 Å². The molecule has 0 bridgehead atoms. The van der Waals surface area contributed by atoms with E-state index in [9.17, 15) is 4.79 Å². The van der Waals surface area contributed by atoms with Crippen LogP contribution in [-0.4, -0.2) is 31.2 Å². The molecule has 3 aromatic rings. The molecule has 0 radical (unpaired) electrons. The smallest absolute Gasteiger partial charge is 0.251 e. The standard InChI is InChI=1S/C22H21ClN2O5S/c1-27-19-9-15(3-4-18(19)30-11-16-12-31-13-25-16)22(26)24-10-14-7-17(23)21-20(8-14)28-5-2-6-29-21/h3-4,7-9,12-13H,2,5-6,10-11H2,1H3,(H,24,26). The fourth-order valence-electron chi connectivity index (χ4n) is 3.06. The van der Waals surface area contributed by atoms with Gasteiger partial charge < -0.3 is 24.3 Å². The maximum absolute atomic E-state index is 12.7. The molecule has 0 spiro atoms. The van der Waals surface area contributed by atoms with Gasteiger partial charge in [0.25, 0.3) is 5.91 Å². The van der Waals surface area contributed by atoms with E-state index in [4.69, 9.17) is 30.5 Å². The number of amides is 1. The van der Waals surface area contributed by atoms with Gasteiger partial charge >= 0.3 is 0 Å². The summed E-state index contributed by atoms with van der Waals surface area (Å²) >= 11 is 7.83. The summed E-state index contributed by atoms with van der Waals surface area (Å²) in [5.41, 5.74) is 3.86. The van der Waals surface area contributed by atoms with E-state index in [1.165, 1.54) is 18.4 Å². The van der Waals surface area contributed by atoms with E-state index in [1.54, 1.807) is 29.8 Å². The third-order valence-corrected chi connectivity index (χ3v) is 5.52. The number of nitrogens with one attached hydrogen (secondary N) is 1. The zero-order chi connectivity index (χ0) is 21.6. The van der Waals surface area contributed by atoms with E-state index in [2.05, 4.69) is 10.3 Å². The number of carbonyl (C=O) groups excluding carboxylic acids is 1. The van der Waals surface area contributed by atoms with Gasteiger partial charge in [-0.25, -0.2) is 4.98 Å². The van der Waals surface area contributed by atoms with Crippen LogP contribution in [0.5, 0.6) is 23.0 Å². The molecule has 0 aliphatic carbocycles. The SMILES string of the molecule is COc1cc(C(=O)NCc2cc(Cl)c3c(c2)OCCCO3)ccc1OCc1cscn1. The molecule has 1 aliphatic heterocycles. The number of methoxy groups -OCH3 is 1. The maximum atomic E-state index is 12.7. The number of hydrogen-bond acceptors (Lipinski definition) is 7. The predicted octanol–water partition coefficient (Wildman–Crippen LogP) is 4.48. The molecule has 1 aliphatic rings. The Morgan fingerprint density at radius 2 is 2.10 bits per heavy atom. The van der Waals surface area contributed by atoms with Crippen LogP contribution in [0.25, 0.3) is 0 Å². The second-order valence-electron chi connectivity index (χ2n) is 6.77. The van der Waals surface area contributed by atoms with E-state index in [0.29, 0.717) is 59.9 Å². The Balaban J connectivity index is 1.41. The first-order chi connectivity index (χ1) is 15.1. The second-order valence-corrected chi connectivity index (χ2v) is 7.90. The lowest BCUT2D eigenvalue weighted by Gasteiger charge is -2.13. The van der Waals surface area contributed by atoms with Gasteiger partial charge in [0.1, 0.15) is 6.61 Å². The van der Waals surface area contributed by atoms with Crippen molar-refractivity contribution >= 4 is 28.8 Å². The van der Waals surface area contributed by atoms with Crippen molar-refractivity contribution in [1.82, 2.24) is 10.3 Å². The summed E-state index contributed by atoms with van der Waals surface area (Å²) in [6, 6.07) is 8.65. The lowest BCUT2D eigenvalue weighted by molar-refractivity contribution is 0.0950. The first-order valence-electron chi connectivity index (χ1n) is 9.68. The Bertz CT molecular complexity index is 1060. The molecule has 31 heavy (non-hydrogen) atoms. The summed E-state index contributed by atoms with van der Waals surface area (Å²) in [6.45, 7) is 1.75. The molecular formula is C22H21ClN2O5S. The van der Waals surface area contributed by atoms with Gasteiger partial charge in [-0.3, -0.25) is 4.79 Å². The lowest BCUT2D eigenvalue weighted by atomic mass is 10.1. The van der Waals surface area contributed by atoms with Crippen molar-refractivity contribution < 1.29 is 23.7 Å². The molecule has 1 amide bonds. The molecule has 0 atom stereocenters. The molecule has 7 nitrogen and oxygen atoms in total. The molecule has 0 saturated carbocycles. The first-order valence-corrected chi connectivity index (χ1v) is 11.0. The zero-order valence-corrected chi connectivity index (χ0v) is 18.4. The first kappa shape index (κ1) is 21.3. The summed E-state index contributed by atoms with van der Waals surface area (Å²) in [5, 5.41) is 5.27. The number of thiazole rings is 1. The highest BCUT2D eigenvalue weighted by Crippen LogP contribution is 2.38. The Labute approximate surface area is 188 Å². The van der Waals surface area contributed by atoms with Crippen molar-refractivity contribution in [1.29, 1.82) is 0 Å². The summed E-state index contributed by atoms with van der Waals surface area (Å²) in [5.74, 6) is 1.92. The van der Waals surface area contributed by atoms with Crippen molar-refractivity contribution in [3.63, 3.8) is 0 Å². The molecular weight excluding hydrogens is 440 g/mol. The van der Waals surface area contributed by atoms with Gasteiger partial charge in [0.2, 0.25) is 0 Å². The van der Waals surface area contributed by atoms with Crippen molar-refractivity contribution in [2.24, 2.45) is 0 Å². The van der Waals surface area contributed by atoms with E-state index in [0.717, 1.165) is 17.7 Å². The predicted molar refractivity (Wildman–Crippen MR) is 118 cm³/mol. The minimum atomic E-state index is -0.243. The van der Waals surface area contributed by atoms with Crippen LogP contribution in [0.2, 0.25) is 5.02 Å². The molecule has 2 heterocycles. The monoisotopic (exact) mass is 460 g/mol. The number of hydrogen-bond donors (Lipinski definition) is 1. The average molecular weight is 461 g/mol. The summed E-state index contributed by atoms with van der Waals surface area (Å²) < 4.78 is 22.5. The topological polar surface area (TPSA) is 78.9 Å². The Kier molecular flexibility index (Phi) is 6.79. The number of rotatable bonds is 7. The van der Waals surface area contributed by atoms with Crippen LogP contribution in [0, 0.1) is 0 Å². The maximum Gasteiger partial charge on any atom is 0.251 e. The molecule has 2 aromatic carbocycles. The fraction of sp³-hybridized carbons (Fsp3) is 0.273. The molecule has 1 aromatic heterocycles. The summed E-state index contributed by atoms with van der Waals surface area (Å²) in [7, 11) is 1.53. The zero-order valence-electron chi connectivity index (χ0n) is 16.9. The van der Waals surface area contributed by atoms with Gasteiger partial charge in [0, 0.05) is 23.9 Å². The van der Waals surface area contributed by atoms with Gasteiger partial charge in [-0.2, -0.15) is 0 Å². The molecule has 0 unspecified atom stereocenters. The van der Waals surface area contributed by atoms with Crippen LogP contribution in [-0.2, 0) is 13.2 Å². The highest BCUT2D eigenvalue weighted by atomic mass is 35.5. The lowest BCUT2D eigenvalue weighted by Crippen LogP contribution is -2.22. The fourth-order valence-corrected chi connectivity index (χ4v) is 3.89. The minimum absolute atomic E-state index is 0.243.